The van der Waals surface area contributed by atoms with E-state index in [0.717, 1.165) is 36.3 Å². The molecule has 1 fully saturated rings. The highest BCUT2D eigenvalue weighted by atomic mass is 19.1. The van der Waals surface area contributed by atoms with Crippen molar-refractivity contribution in [1.29, 1.82) is 0 Å². The molecule has 0 radical (unpaired) electrons. The molecular formula is C25H30F2N6O2. The number of halogens is 2. The lowest BCUT2D eigenvalue weighted by atomic mass is 9.70. The predicted octanol–water partition coefficient (Wildman–Crippen LogP) is 4.28. The van der Waals surface area contributed by atoms with E-state index in [4.69, 9.17) is 0 Å². The average molecular weight is 485 g/mol. The fourth-order valence-corrected chi connectivity index (χ4v) is 4.89. The van der Waals surface area contributed by atoms with Crippen LogP contribution in [-0.4, -0.2) is 49.1 Å². The Morgan fingerprint density at radius 2 is 2.06 bits per heavy atom. The second-order valence-electron chi connectivity index (χ2n) is 9.68. The zero-order valence-electron chi connectivity index (χ0n) is 20.4. The molecule has 186 valence electrons. The molecule has 2 aromatic heterocycles. The van der Waals surface area contributed by atoms with Crippen LogP contribution >= 0.6 is 0 Å². The lowest BCUT2D eigenvalue weighted by Gasteiger charge is -2.43. The SMILES string of the molecule is CCC[C@]1(C)CC[C@H](F)[C@H](N(C)c2cnc(-c3ccc(-c4cc(F)n(C)c(=O)n4)cc3O)nn2)C1. The Bertz CT molecular complexity index is 1270. The highest BCUT2D eigenvalue weighted by Crippen LogP contribution is 2.43. The Hall–Kier alpha value is -3.43. The van der Waals surface area contributed by atoms with Crippen LogP contribution < -0.4 is 10.6 Å². The van der Waals surface area contributed by atoms with Gasteiger partial charge in [-0.05, 0) is 43.2 Å². The molecule has 4 rings (SSSR count). The maximum absolute atomic E-state index is 14.8. The van der Waals surface area contributed by atoms with Gasteiger partial charge in [-0.25, -0.2) is 14.2 Å². The fourth-order valence-electron chi connectivity index (χ4n) is 4.89. The third kappa shape index (κ3) is 5.01. The maximum Gasteiger partial charge on any atom is 0.350 e. The van der Waals surface area contributed by atoms with E-state index in [-0.39, 0.29) is 28.7 Å². The molecule has 10 heteroatoms. The quantitative estimate of drug-likeness (QED) is 0.522. The summed E-state index contributed by atoms with van der Waals surface area (Å²) in [6.45, 7) is 4.37. The highest BCUT2D eigenvalue weighted by Gasteiger charge is 2.39. The summed E-state index contributed by atoms with van der Waals surface area (Å²) in [6, 6.07) is 5.32. The number of phenolic OH excluding ortho intramolecular Hbond substituents is 1. The van der Waals surface area contributed by atoms with Crippen LogP contribution in [0.25, 0.3) is 22.6 Å². The number of benzene rings is 1. The van der Waals surface area contributed by atoms with Crippen molar-refractivity contribution in [1.82, 2.24) is 24.7 Å². The number of hydrogen-bond donors (Lipinski definition) is 1. The first-order chi connectivity index (χ1) is 16.6. The molecular weight excluding hydrogens is 454 g/mol. The number of anilines is 1. The Kier molecular flexibility index (Phi) is 6.82. The molecule has 1 aliphatic rings. The first kappa shape index (κ1) is 24.7. The summed E-state index contributed by atoms with van der Waals surface area (Å²) in [6.07, 6.45) is 4.83. The summed E-state index contributed by atoms with van der Waals surface area (Å²) < 4.78 is 29.5. The van der Waals surface area contributed by atoms with Crippen LogP contribution in [0.3, 0.4) is 0 Å². The highest BCUT2D eigenvalue weighted by molar-refractivity contribution is 5.71. The Morgan fingerprint density at radius 3 is 2.69 bits per heavy atom. The lowest BCUT2D eigenvalue weighted by molar-refractivity contribution is 0.102. The molecule has 0 amide bonds. The minimum absolute atomic E-state index is 0.103. The third-order valence-corrected chi connectivity index (χ3v) is 7.02. The van der Waals surface area contributed by atoms with Crippen LogP contribution in [0, 0.1) is 11.4 Å². The minimum Gasteiger partial charge on any atom is -0.507 e. The van der Waals surface area contributed by atoms with Crippen molar-refractivity contribution in [2.75, 3.05) is 11.9 Å². The summed E-state index contributed by atoms with van der Waals surface area (Å²) in [4.78, 5) is 21.8. The Morgan fingerprint density at radius 1 is 1.29 bits per heavy atom. The summed E-state index contributed by atoms with van der Waals surface area (Å²) >= 11 is 0. The van der Waals surface area contributed by atoms with Gasteiger partial charge in [-0.3, -0.25) is 4.57 Å². The van der Waals surface area contributed by atoms with Gasteiger partial charge in [0.05, 0.1) is 23.5 Å². The van der Waals surface area contributed by atoms with E-state index in [9.17, 15) is 18.7 Å². The smallest absolute Gasteiger partial charge is 0.350 e. The Labute approximate surface area is 202 Å². The van der Waals surface area contributed by atoms with Crippen LogP contribution in [0.15, 0.2) is 35.3 Å². The molecule has 0 spiro atoms. The van der Waals surface area contributed by atoms with Crippen LogP contribution in [0.1, 0.15) is 46.0 Å². The number of rotatable bonds is 6. The van der Waals surface area contributed by atoms with Crippen molar-refractivity contribution in [2.45, 2.75) is 58.2 Å². The first-order valence-electron chi connectivity index (χ1n) is 11.8. The molecule has 0 bridgehead atoms. The van der Waals surface area contributed by atoms with Gasteiger partial charge in [0, 0.05) is 25.7 Å². The molecule has 8 nitrogen and oxygen atoms in total. The normalized spacial score (nSPS) is 22.2. The molecule has 35 heavy (non-hydrogen) atoms. The summed E-state index contributed by atoms with van der Waals surface area (Å²) in [7, 11) is 3.09. The van der Waals surface area contributed by atoms with E-state index in [1.807, 2.05) is 7.05 Å². The maximum atomic E-state index is 14.8. The summed E-state index contributed by atoms with van der Waals surface area (Å²) in [5.74, 6) is -0.261. The largest absolute Gasteiger partial charge is 0.507 e. The molecule has 2 heterocycles. The van der Waals surface area contributed by atoms with E-state index in [1.54, 1.807) is 17.0 Å². The zero-order chi connectivity index (χ0) is 25.3. The molecule has 3 atom stereocenters. The number of aromatic hydroxyl groups is 1. The minimum atomic E-state index is -0.948. The second-order valence-corrected chi connectivity index (χ2v) is 9.68. The van der Waals surface area contributed by atoms with Crippen molar-refractivity contribution in [3.8, 4) is 28.4 Å². The van der Waals surface area contributed by atoms with Crippen LogP contribution in [-0.2, 0) is 7.05 Å². The summed E-state index contributed by atoms with van der Waals surface area (Å²) in [5, 5.41) is 18.9. The summed E-state index contributed by atoms with van der Waals surface area (Å²) in [5.41, 5.74) is 0.154. The lowest BCUT2D eigenvalue weighted by Crippen LogP contribution is -2.47. The van der Waals surface area contributed by atoms with Gasteiger partial charge in [0.1, 0.15) is 11.9 Å². The number of aromatic nitrogens is 5. The van der Waals surface area contributed by atoms with Gasteiger partial charge < -0.3 is 10.0 Å². The molecule has 1 N–H and O–H groups in total. The van der Waals surface area contributed by atoms with Gasteiger partial charge in [0.25, 0.3) is 0 Å². The second kappa shape index (κ2) is 9.67. The van der Waals surface area contributed by atoms with Crippen molar-refractivity contribution in [3.05, 3.63) is 46.9 Å². The standard InChI is InChI=1S/C25H30F2N6O2/c1-5-9-25(2)10-8-17(26)19(13-25)32(3)22-14-28-23(31-30-22)16-7-6-15(11-20(16)34)18-12-21(27)33(4)24(35)29-18/h6-7,11-12,14,17,19,34H,5,8-10,13H2,1-4H3/t17-,19+,25+/m0/s1. The molecule has 1 aliphatic carbocycles. The number of nitrogens with zero attached hydrogens (tertiary/aromatic N) is 6. The monoisotopic (exact) mass is 484 g/mol. The molecule has 1 saturated carbocycles. The molecule has 0 aliphatic heterocycles. The molecule has 0 unspecified atom stereocenters. The predicted molar refractivity (Wildman–Crippen MR) is 129 cm³/mol. The van der Waals surface area contributed by atoms with E-state index in [1.165, 1.54) is 19.3 Å². The van der Waals surface area contributed by atoms with Crippen LogP contribution in [0.2, 0.25) is 0 Å². The van der Waals surface area contributed by atoms with Gasteiger partial charge in [0.2, 0.25) is 0 Å². The first-order valence-corrected chi connectivity index (χ1v) is 11.8. The van der Waals surface area contributed by atoms with Crippen LogP contribution in [0.4, 0.5) is 14.6 Å². The average Bonchev–Trinajstić information content (AvgIpc) is 2.83. The van der Waals surface area contributed by atoms with Gasteiger partial charge >= 0.3 is 5.69 Å². The topological polar surface area (TPSA) is 97.0 Å². The third-order valence-electron chi connectivity index (χ3n) is 7.02. The fraction of sp³-hybridized carbons (Fsp3) is 0.480. The van der Waals surface area contributed by atoms with Crippen molar-refractivity contribution in [2.24, 2.45) is 12.5 Å². The van der Waals surface area contributed by atoms with Crippen molar-refractivity contribution in [3.63, 3.8) is 0 Å². The molecule has 0 saturated heterocycles. The van der Waals surface area contributed by atoms with Gasteiger partial charge in [0.15, 0.2) is 17.6 Å². The Balaban J connectivity index is 1.55. The van der Waals surface area contributed by atoms with Crippen molar-refractivity contribution >= 4 is 5.82 Å². The van der Waals surface area contributed by atoms with Crippen LogP contribution in [0.5, 0.6) is 5.75 Å². The van der Waals surface area contributed by atoms with Gasteiger partial charge in [-0.2, -0.15) is 9.37 Å². The van der Waals surface area contributed by atoms with Gasteiger partial charge in [-0.15, -0.1) is 10.2 Å². The van der Waals surface area contributed by atoms with E-state index >= 15 is 0 Å². The van der Waals surface area contributed by atoms with Crippen molar-refractivity contribution < 1.29 is 13.9 Å². The number of phenols is 1. The van der Waals surface area contributed by atoms with E-state index < -0.39 is 17.8 Å². The van der Waals surface area contributed by atoms with E-state index in [2.05, 4.69) is 34.0 Å². The molecule has 1 aromatic carbocycles. The number of alkyl halides is 1. The zero-order valence-corrected chi connectivity index (χ0v) is 20.4. The van der Waals surface area contributed by atoms with E-state index in [0.29, 0.717) is 23.4 Å². The molecule has 3 aromatic rings. The van der Waals surface area contributed by atoms with Gasteiger partial charge in [-0.1, -0.05) is 26.3 Å². The number of hydrogen-bond acceptors (Lipinski definition) is 7.